The monoisotopic (exact) mass is 440 g/mol. The van der Waals surface area contributed by atoms with E-state index in [4.69, 9.17) is 0 Å². The summed E-state index contributed by atoms with van der Waals surface area (Å²) in [5.74, 6) is -2.40. The average Bonchev–Trinajstić information content (AvgIpc) is 2.77. The second-order valence-corrected chi connectivity index (χ2v) is 7.27. The van der Waals surface area contributed by atoms with Crippen molar-refractivity contribution in [2.75, 3.05) is 18.0 Å². The maximum absolute atomic E-state index is 14.1. The molecule has 32 heavy (non-hydrogen) atoms. The number of allylic oxidation sites excluding steroid dienone is 1. The molecule has 3 rings (SSSR count). The first-order valence-electron chi connectivity index (χ1n) is 10.00. The third-order valence-electron chi connectivity index (χ3n) is 5.10. The summed E-state index contributed by atoms with van der Waals surface area (Å²) < 4.78 is 41.1. The zero-order valence-corrected chi connectivity index (χ0v) is 17.8. The Balaban J connectivity index is 1.71. The minimum absolute atomic E-state index is 0.182. The Hall–Kier alpha value is -3.68. The van der Waals surface area contributed by atoms with Crippen molar-refractivity contribution in [1.82, 2.24) is 10.3 Å². The molecule has 5 nitrogen and oxygen atoms in total. The first-order valence-corrected chi connectivity index (χ1v) is 10.00. The number of carbonyl (C=O) groups excluding carboxylic acids is 1. The Morgan fingerprint density at radius 3 is 2.72 bits per heavy atom. The van der Waals surface area contributed by atoms with Crippen molar-refractivity contribution in [3.05, 3.63) is 94.7 Å². The molecular weight excluding hydrogens is 417 g/mol. The van der Waals surface area contributed by atoms with Crippen molar-refractivity contribution >= 4 is 17.9 Å². The first-order chi connectivity index (χ1) is 15.3. The van der Waals surface area contributed by atoms with E-state index < -0.39 is 23.4 Å². The largest absolute Gasteiger partial charge is 0.350 e. The smallest absolute Gasteiger partial charge is 0.259 e. The molecule has 1 aromatic heterocycles. The van der Waals surface area contributed by atoms with Crippen LogP contribution in [0.15, 0.2) is 76.7 Å². The fourth-order valence-corrected chi connectivity index (χ4v) is 3.29. The predicted molar refractivity (Wildman–Crippen MR) is 119 cm³/mol. The van der Waals surface area contributed by atoms with Crippen LogP contribution in [-0.2, 0) is 0 Å². The molecule has 0 saturated heterocycles. The van der Waals surface area contributed by atoms with Crippen LogP contribution in [-0.4, -0.2) is 30.2 Å². The van der Waals surface area contributed by atoms with Crippen LogP contribution in [0.3, 0.4) is 0 Å². The van der Waals surface area contributed by atoms with Crippen LogP contribution in [0.4, 0.5) is 19.0 Å². The molecule has 1 N–H and O–H groups in total. The van der Waals surface area contributed by atoms with E-state index in [2.05, 4.69) is 21.9 Å². The summed E-state index contributed by atoms with van der Waals surface area (Å²) in [7, 11) is 0. The van der Waals surface area contributed by atoms with Gasteiger partial charge in [0.2, 0.25) is 0 Å². The van der Waals surface area contributed by atoms with Crippen LogP contribution < -0.4 is 10.2 Å². The molecule has 1 aromatic carbocycles. The van der Waals surface area contributed by atoms with Gasteiger partial charge in [-0.1, -0.05) is 12.2 Å². The third-order valence-corrected chi connectivity index (χ3v) is 5.10. The quantitative estimate of drug-likeness (QED) is 0.647. The van der Waals surface area contributed by atoms with E-state index in [1.807, 2.05) is 11.8 Å². The number of hydrogen-bond donors (Lipinski definition) is 1. The van der Waals surface area contributed by atoms with Crippen molar-refractivity contribution in [2.45, 2.75) is 20.3 Å². The highest BCUT2D eigenvalue weighted by atomic mass is 19.1. The number of aromatic nitrogens is 1. The van der Waals surface area contributed by atoms with Gasteiger partial charge in [-0.15, -0.1) is 0 Å². The Kier molecular flexibility index (Phi) is 7.25. The number of halogens is 3. The fourth-order valence-electron chi connectivity index (χ4n) is 3.29. The standard InChI is InChI=1S/C24H23F3N4O/c1-4-22(30-24(32)18-8-7-17(25)12-21(18)27)29-13-16(3)19-14-31(11-9-15(19)2)23-20(26)6-5-10-28-23/h4-8,10,12-13H,3,9,11,14H2,1-2H3,(H,30,32)/b22-4+,29-13-. The third kappa shape index (κ3) is 5.32. The lowest BCUT2D eigenvalue weighted by Crippen LogP contribution is -2.33. The molecule has 0 fully saturated rings. The van der Waals surface area contributed by atoms with Crippen molar-refractivity contribution < 1.29 is 18.0 Å². The van der Waals surface area contributed by atoms with E-state index in [-0.39, 0.29) is 17.2 Å². The highest BCUT2D eigenvalue weighted by Gasteiger charge is 2.21. The normalized spacial score (nSPS) is 14.8. The van der Waals surface area contributed by atoms with Gasteiger partial charge in [-0.3, -0.25) is 4.79 Å². The number of rotatable bonds is 6. The van der Waals surface area contributed by atoms with Crippen LogP contribution >= 0.6 is 0 Å². The average molecular weight is 440 g/mol. The molecule has 0 bridgehead atoms. The van der Waals surface area contributed by atoms with E-state index in [0.717, 1.165) is 29.7 Å². The Morgan fingerprint density at radius 1 is 1.25 bits per heavy atom. The summed E-state index contributed by atoms with van der Waals surface area (Å²) >= 11 is 0. The molecule has 0 unspecified atom stereocenters. The number of benzene rings is 1. The highest BCUT2D eigenvalue weighted by molar-refractivity contribution is 5.96. The molecule has 0 aliphatic carbocycles. The summed E-state index contributed by atoms with van der Waals surface area (Å²) in [6, 6.07) is 5.63. The van der Waals surface area contributed by atoms with Crippen molar-refractivity contribution in [3.63, 3.8) is 0 Å². The molecule has 0 saturated carbocycles. The molecule has 0 radical (unpaired) electrons. The number of nitrogens with zero attached hydrogens (tertiary/aromatic N) is 3. The Labute approximate surface area is 184 Å². The minimum Gasteiger partial charge on any atom is -0.350 e. The van der Waals surface area contributed by atoms with Crippen LogP contribution in [0, 0.1) is 17.5 Å². The van der Waals surface area contributed by atoms with E-state index >= 15 is 0 Å². The Bertz CT molecular complexity index is 1140. The van der Waals surface area contributed by atoms with Gasteiger partial charge in [-0.25, -0.2) is 23.1 Å². The predicted octanol–water partition coefficient (Wildman–Crippen LogP) is 4.94. The number of anilines is 1. The van der Waals surface area contributed by atoms with Gasteiger partial charge in [0, 0.05) is 31.6 Å². The molecular formula is C24H23F3N4O. The molecule has 2 aromatic rings. The number of pyridine rings is 1. The lowest BCUT2D eigenvalue weighted by molar-refractivity contribution is 0.0961. The topological polar surface area (TPSA) is 57.6 Å². The first kappa shape index (κ1) is 23.0. The van der Waals surface area contributed by atoms with Crippen molar-refractivity contribution in [2.24, 2.45) is 4.99 Å². The van der Waals surface area contributed by atoms with Gasteiger partial charge < -0.3 is 10.2 Å². The van der Waals surface area contributed by atoms with Gasteiger partial charge >= 0.3 is 0 Å². The molecule has 1 amide bonds. The van der Waals surface area contributed by atoms with Gasteiger partial charge in [-0.2, -0.15) is 0 Å². The lowest BCUT2D eigenvalue weighted by Gasteiger charge is -2.31. The van der Waals surface area contributed by atoms with Gasteiger partial charge in [0.15, 0.2) is 11.6 Å². The second-order valence-electron chi connectivity index (χ2n) is 7.27. The number of hydrogen-bond acceptors (Lipinski definition) is 4. The van der Waals surface area contributed by atoms with Crippen LogP contribution in [0.5, 0.6) is 0 Å². The summed E-state index contributed by atoms with van der Waals surface area (Å²) in [6.07, 6.45) is 5.30. The highest BCUT2D eigenvalue weighted by Crippen LogP contribution is 2.26. The molecule has 2 heterocycles. The minimum atomic E-state index is -0.962. The number of carbonyl (C=O) groups is 1. The molecule has 166 valence electrons. The summed E-state index contributed by atoms with van der Waals surface area (Å²) in [4.78, 5) is 22.5. The maximum atomic E-state index is 14.1. The summed E-state index contributed by atoms with van der Waals surface area (Å²) in [6.45, 7) is 8.75. The maximum Gasteiger partial charge on any atom is 0.259 e. The molecule has 1 aliphatic rings. The summed E-state index contributed by atoms with van der Waals surface area (Å²) in [5.41, 5.74) is 2.31. The SMILES string of the molecule is C=C(/C=N\C(=C/C)NC(=O)c1ccc(F)cc1F)C1=C(C)CCN(c2ncccc2F)C1. The fraction of sp³-hybridized carbons (Fsp3) is 0.208. The number of aliphatic imine (C=N–C) groups is 1. The van der Waals surface area contributed by atoms with Gasteiger partial charge in [-0.05, 0) is 61.8 Å². The van der Waals surface area contributed by atoms with Crippen LogP contribution in [0.2, 0.25) is 0 Å². The molecule has 1 aliphatic heterocycles. The van der Waals surface area contributed by atoms with E-state index in [9.17, 15) is 18.0 Å². The second kappa shape index (κ2) is 10.1. The van der Waals surface area contributed by atoms with Gasteiger partial charge in [0.1, 0.15) is 17.5 Å². The van der Waals surface area contributed by atoms with E-state index in [1.54, 1.807) is 25.3 Å². The molecule has 0 atom stereocenters. The van der Waals surface area contributed by atoms with Gasteiger partial charge in [0.05, 0.1) is 5.56 Å². The zero-order chi connectivity index (χ0) is 23.3. The number of nitrogens with one attached hydrogen (secondary N) is 1. The van der Waals surface area contributed by atoms with Crippen molar-refractivity contribution in [1.29, 1.82) is 0 Å². The lowest BCUT2D eigenvalue weighted by atomic mass is 9.96. The Morgan fingerprint density at radius 2 is 2.03 bits per heavy atom. The zero-order valence-electron chi connectivity index (χ0n) is 17.8. The van der Waals surface area contributed by atoms with Gasteiger partial charge in [0.25, 0.3) is 5.91 Å². The van der Waals surface area contributed by atoms with Crippen LogP contribution in [0.25, 0.3) is 0 Å². The molecule has 8 heteroatoms. The summed E-state index contributed by atoms with van der Waals surface area (Å²) in [5, 5.41) is 2.49. The molecule has 0 spiro atoms. The van der Waals surface area contributed by atoms with E-state index in [0.29, 0.717) is 24.7 Å². The number of amides is 1. The van der Waals surface area contributed by atoms with Crippen LogP contribution in [0.1, 0.15) is 30.6 Å². The van der Waals surface area contributed by atoms with E-state index in [1.165, 1.54) is 12.3 Å². The van der Waals surface area contributed by atoms with Crippen molar-refractivity contribution in [3.8, 4) is 0 Å².